The van der Waals surface area contributed by atoms with E-state index in [-0.39, 0.29) is 10.4 Å². The number of nitrogen functional groups attached to an aromatic ring is 1. The summed E-state index contributed by atoms with van der Waals surface area (Å²) in [4.78, 5) is 22.7. The van der Waals surface area contributed by atoms with Gasteiger partial charge in [0, 0.05) is 0 Å². The number of carboxylic acids is 1. The third kappa shape index (κ3) is 3.01. The molecule has 1 aromatic rings. The van der Waals surface area contributed by atoms with Gasteiger partial charge in [-0.1, -0.05) is 0 Å². The summed E-state index contributed by atoms with van der Waals surface area (Å²) in [6, 6.07) is 0. The average Bonchev–Trinajstić information content (AvgIpc) is 2.37. The molecule has 0 saturated carbocycles. The van der Waals surface area contributed by atoms with E-state index in [2.05, 4.69) is 4.37 Å². The lowest BCUT2D eigenvalue weighted by Crippen LogP contribution is -2.25. The van der Waals surface area contributed by atoms with Crippen LogP contribution in [-0.2, 0) is 4.74 Å². The Morgan fingerprint density at radius 3 is 2.35 bits per heavy atom. The quantitative estimate of drug-likeness (QED) is 0.616. The fourth-order valence-corrected chi connectivity index (χ4v) is 2.37. The van der Waals surface area contributed by atoms with Crippen LogP contribution in [-0.4, -0.2) is 27.0 Å². The Balaban J connectivity index is 3.22. The summed E-state index contributed by atoms with van der Waals surface area (Å²) in [7, 11) is -1.28. The van der Waals surface area contributed by atoms with E-state index in [1.54, 1.807) is 27.7 Å². The van der Waals surface area contributed by atoms with E-state index in [1.165, 1.54) is 0 Å². The van der Waals surface area contributed by atoms with Gasteiger partial charge in [-0.25, -0.2) is 9.59 Å². The summed E-state index contributed by atoms with van der Waals surface area (Å²) < 4.78 is 9.02. The van der Waals surface area contributed by atoms with Crippen LogP contribution in [0.2, 0.25) is 0 Å². The minimum absolute atomic E-state index is 0.0294. The minimum atomic E-state index is -1.28. The van der Waals surface area contributed by atoms with Crippen LogP contribution in [0.1, 0.15) is 46.5 Å². The van der Waals surface area contributed by atoms with Gasteiger partial charge in [-0.05, 0) is 32.1 Å². The van der Waals surface area contributed by atoms with Crippen molar-refractivity contribution in [2.45, 2.75) is 33.3 Å². The van der Waals surface area contributed by atoms with Gasteiger partial charge in [0.1, 0.15) is 11.3 Å². The maximum absolute atomic E-state index is 11.9. The number of aromatic nitrogens is 1. The molecule has 0 fully saturated rings. The zero-order chi connectivity index (χ0) is 13.4. The van der Waals surface area contributed by atoms with Gasteiger partial charge in [0.15, 0.2) is 16.4 Å². The number of ether oxygens (including phenoxy) is 1. The molecule has 1 rings (SSSR count). The summed E-state index contributed by atoms with van der Waals surface area (Å²) in [5.74, 6) is -1.94. The van der Waals surface area contributed by atoms with Gasteiger partial charge in [-0.3, -0.25) is 0 Å². The number of aryl methyl sites for hydroxylation is 1. The molecular weight excluding hydrogens is 244 g/mol. The number of aromatic carboxylic acids is 1. The number of esters is 1. The van der Waals surface area contributed by atoms with Crippen molar-refractivity contribution in [1.29, 1.82) is 0 Å². The molecule has 6 nitrogen and oxygen atoms in total. The number of nitrogens with two attached hydrogens (primary N) is 1. The normalized spacial score (nSPS) is 12.4. The third-order valence-electron chi connectivity index (χ3n) is 1.83. The highest BCUT2D eigenvalue weighted by molar-refractivity contribution is 7.28. The van der Waals surface area contributed by atoms with Crippen molar-refractivity contribution in [2.24, 2.45) is 0 Å². The predicted octanol–water partition coefficient (Wildman–Crippen LogP) is 1.51. The highest BCUT2D eigenvalue weighted by atomic mass is 32.2. The Kier molecular flexibility index (Phi) is 3.53. The summed E-state index contributed by atoms with van der Waals surface area (Å²) in [5, 5.41) is 14.6. The number of hydrogen-bond donors (Lipinski definition) is 2. The zero-order valence-electron chi connectivity index (χ0n) is 10.1. The number of rotatable bonds is 2. The SMILES string of the molecule is Cc1n[s+](N)c(C(=O)O)c1C(=O)OC(C)(C)C. The fraction of sp³-hybridized carbons (Fsp3) is 0.500. The predicted molar refractivity (Wildman–Crippen MR) is 63.7 cm³/mol. The van der Waals surface area contributed by atoms with Gasteiger partial charge in [-0.15, -0.1) is 5.14 Å². The number of carbonyl (C=O) groups is 2. The maximum atomic E-state index is 11.9. The molecule has 0 aliphatic rings. The number of carboxylic acid groups (broad SMARTS) is 1. The van der Waals surface area contributed by atoms with Crippen molar-refractivity contribution in [3.8, 4) is 0 Å². The smallest absolute Gasteiger partial charge is 0.394 e. The van der Waals surface area contributed by atoms with E-state index >= 15 is 0 Å². The Bertz CT molecular complexity index is 473. The molecule has 0 saturated heterocycles. The van der Waals surface area contributed by atoms with E-state index in [9.17, 15) is 9.59 Å². The maximum Gasteiger partial charge on any atom is 0.394 e. The van der Waals surface area contributed by atoms with Gasteiger partial charge in [0.25, 0.3) is 0 Å². The topological polar surface area (TPSA) is 103 Å². The van der Waals surface area contributed by atoms with Crippen LogP contribution in [0.15, 0.2) is 0 Å². The van der Waals surface area contributed by atoms with Crippen LogP contribution in [0.5, 0.6) is 0 Å². The molecule has 94 valence electrons. The lowest BCUT2D eigenvalue weighted by molar-refractivity contribution is 0.00657. The number of hydrogen-bond acceptors (Lipinski definition) is 5. The van der Waals surface area contributed by atoms with E-state index < -0.39 is 28.4 Å². The Morgan fingerprint density at radius 2 is 1.94 bits per heavy atom. The minimum Gasteiger partial charge on any atom is -0.474 e. The van der Waals surface area contributed by atoms with Crippen molar-refractivity contribution in [3.63, 3.8) is 0 Å². The van der Waals surface area contributed by atoms with Crippen LogP contribution < -0.4 is 5.14 Å². The van der Waals surface area contributed by atoms with E-state index in [0.717, 1.165) is 0 Å². The van der Waals surface area contributed by atoms with E-state index in [1.807, 2.05) is 0 Å². The lowest BCUT2D eigenvalue weighted by Gasteiger charge is -2.18. The molecule has 17 heavy (non-hydrogen) atoms. The van der Waals surface area contributed by atoms with Gasteiger partial charge in [0.05, 0.1) is 0 Å². The van der Waals surface area contributed by atoms with Crippen molar-refractivity contribution in [1.82, 2.24) is 4.37 Å². The first-order valence-corrected chi connectivity index (χ1v) is 6.13. The highest BCUT2D eigenvalue weighted by Gasteiger charge is 2.36. The highest BCUT2D eigenvalue weighted by Crippen LogP contribution is 2.26. The first kappa shape index (κ1) is 13.6. The number of carbonyl (C=O) groups excluding carboxylic acids is 1. The second kappa shape index (κ2) is 4.42. The third-order valence-corrected chi connectivity index (χ3v) is 3.10. The monoisotopic (exact) mass is 259 g/mol. The summed E-state index contributed by atoms with van der Waals surface area (Å²) in [6.45, 7) is 6.66. The largest absolute Gasteiger partial charge is 0.474 e. The second-order valence-corrected chi connectivity index (χ2v) is 5.72. The molecular formula is C10H15N2O4S+. The Hall–Kier alpha value is -1.47. The van der Waals surface area contributed by atoms with Crippen molar-refractivity contribution < 1.29 is 19.4 Å². The molecule has 1 unspecified atom stereocenters. The Morgan fingerprint density at radius 1 is 1.41 bits per heavy atom. The van der Waals surface area contributed by atoms with Crippen molar-refractivity contribution in [3.05, 3.63) is 16.1 Å². The Labute approximate surface area is 102 Å². The van der Waals surface area contributed by atoms with Crippen LogP contribution in [0, 0.1) is 6.92 Å². The summed E-state index contributed by atoms with van der Waals surface area (Å²) >= 11 is 0. The van der Waals surface area contributed by atoms with Gasteiger partial charge in [-0.2, -0.15) is 0 Å². The summed E-state index contributed by atoms with van der Waals surface area (Å²) in [6.07, 6.45) is 0. The molecule has 1 atom stereocenters. The van der Waals surface area contributed by atoms with E-state index in [4.69, 9.17) is 15.0 Å². The molecule has 0 aliphatic heterocycles. The van der Waals surface area contributed by atoms with Crippen LogP contribution in [0.4, 0.5) is 0 Å². The van der Waals surface area contributed by atoms with Gasteiger partial charge < -0.3 is 9.84 Å². The average molecular weight is 259 g/mol. The zero-order valence-corrected chi connectivity index (χ0v) is 10.9. The molecule has 3 N–H and O–H groups in total. The van der Waals surface area contributed by atoms with Crippen LogP contribution in [0.3, 0.4) is 0 Å². The standard InChI is InChI=1S/C10H14N2O4S/c1-5-6(9(15)16-10(2,3)4)7(8(13)14)17(11)12-5/h11H,1-4H3,(H,13,14)/p+1. The first-order chi connectivity index (χ1) is 7.63. The summed E-state index contributed by atoms with van der Waals surface area (Å²) in [5.41, 5.74) is -0.412. The van der Waals surface area contributed by atoms with Gasteiger partial charge in [0.2, 0.25) is 0 Å². The molecule has 0 aromatic carbocycles. The fourth-order valence-electron chi connectivity index (χ4n) is 1.27. The molecule has 0 aliphatic carbocycles. The number of nitrogens with zero attached hydrogens (tertiary/aromatic N) is 1. The van der Waals surface area contributed by atoms with Crippen LogP contribution >= 0.6 is 10.9 Å². The first-order valence-electron chi connectivity index (χ1n) is 4.89. The van der Waals surface area contributed by atoms with Gasteiger partial charge >= 0.3 is 16.8 Å². The van der Waals surface area contributed by atoms with E-state index in [0.29, 0.717) is 5.69 Å². The molecule has 0 bridgehead atoms. The van der Waals surface area contributed by atoms with Crippen molar-refractivity contribution >= 4 is 22.8 Å². The van der Waals surface area contributed by atoms with Crippen molar-refractivity contribution in [2.75, 3.05) is 5.14 Å². The molecule has 7 heteroatoms. The molecule has 1 aromatic heterocycles. The molecule has 0 radical (unpaired) electrons. The lowest BCUT2D eigenvalue weighted by atomic mass is 10.1. The molecule has 0 spiro atoms. The second-order valence-electron chi connectivity index (χ2n) is 4.50. The molecule has 1 heterocycles. The van der Waals surface area contributed by atoms with Crippen LogP contribution in [0.25, 0.3) is 0 Å². The molecule has 0 amide bonds.